The summed E-state index contributed by atoms with van der Waals surface area (Å²) >= 11 is 0. The highest BCUT2D eigenvalue weighted by Crippen LogP contribution is 2.45. The van der Waals surface area contributed by atoms with Crippen molar-refractivity contribution in [3.63, 3.8) is 0 Å². The van der Waals surface area contributed by atoms with Crippen LogP contribution in [-0.2, 0) is 42.4 Å². The highest BCUT2D eigenvalue weighted by atomic mass is 31.2. The third-order valence-corrected chi connectivity index (χ3v) is 10.0. The van der Waals surface area contributed by atoms with Crippen LogP contribution in [-0.4, -0.2) is 106 Å². The van der Waals surface area contributed by atoms with Crippen LogP contribution in [0.25, 0.3) is 0 Å². The Morgan fingerprint density at radius 2 is 1.78 bits per heavy atom. The van der Waals surface area contributed by atoms with Gasteiger partial charge in [0.1, 0.15) is 24.1 Å². The van der Waals surface area contributed by atoms with Gasteiger partial charge in [-0.25, -0.2) is 4.57 Å². The second-order valence-corrected chi connectivity index (χ2v) is 14.6. The lowest BCUT2D eigenvalue weighted by Crippen LogP contribution is -2.57. The van der Waals surface area contributed by atoms with Crippen molar-refractivity contribution < 1.29 is 57.3 Å². The molecular formula is C31H52NO12P. The minimum Gasteiger partial charge on any atom is -0.462 e. The van der Waals surface area contributed by atoms with Crippen LogP contribution in [0.2, 0.25) is 0 Å². The van der Waals surface area contributed by atoms with E-state index in [1.54, 1.807) is 45.8 Å². The Morgan fingerprint density at radius 1 is 1.11 bits per heavy atom. The number of esters is 1. The van der Waals surface area contributed by atoms with E-state index >= 15 is 0 Å². The second-order valence-electron chi connectivity index (χ2n) is 13.4. The standard InChI is InChI=1S/C31H52NO12P/c1-9-25-20(5)29-31(6,43-29)12-10-23(34)17(2)14-21(11-13-33)27(19(4)24(35)16-26(36)41-25)42-30-28(44-45(37,38)39)22(32(7)8)15-18(3)40-30/h10,12-13,17-22,24-25,27-30,35H,9,11,14-16H2,1-8H3,(H2,37,38,39)/b12-10+/t17?,18-,19?,20?,21?,22+,24?,25?,27?,28-,29?,30+,31?/m1/s1. The van der Waals surface area contributed by atoms with Crippen LogP contribution in [0, 0.1) is 23.7 Å². The van der Waals surface area contributed by atoms with Gasteiger partial charge in [-0.1, -0.05) is 27.7 Å². The predicted octanol–water partition coefficient (Wildman–Crippen LogP) is 2.79. The van der Waals surface area contributed by atoms with Crippen LogP contribution in [0.15, 0.2) is 12.2 Å². The average Bonchev–Trinajstić information content (AvgIpc) is 3.63. The number of phosphoric ester groups is 1. The first kappa shape index (κ1) is 37.9. The van der Waals surface area contributed by atoms with E-state index in [-0.39, 0.29) is 37.1 Å². The van der Waals surface area contributed by atoms with Gasteiger partial charge < -0.3 is 43.5 Å². The minimum absolute atomic E-state index is 0.0464. The molecule has 0 aromatic rings. The lowest BCUT2D eigenvalue weighted by Gasteiger charge is -2.45. The maximum absolute atomic E-state index is 13.3. The molecule has 9 unspecified atom stereocenters. The molecule has 0 amide bonds. The summed E-state index contributed by atoms with van der Waals surface area (Å²) in [6, 6.07) is -0.509. The summed E-state index contributed by atoms with van der Waals surface area (Å²) in [5.74, 6) is -2.94. The first-order chi connectivity index (χ1) is 20.9. The van der Waals surface area contributed by atoms with E-state index in [0.29, 0.717) is 19.1 Å². The van der Waals surface area contributed by atoms with Crippen LogP contribution < -0.4 is 0 Å². The largest absolute Gasteiger partial charge is 0.470 e. The Bertz CT molecular complexity index is 1110. The lowest BCUT2D eigenvalue weighted by atomic mass is 9.79. The van der Waals surface area contributed by atoms with Crippen molar-refractivity contribution in [3.05, 3.63) is 12.2 Å². The molecule has 2 saturated heterocycles. The molecule has 0 bridgehead atoms. The maximum Gasteiger partial charge on any atom is 0.470 e. The van der Waals surface area contributed by atoms with Crippen molar-refractivity contribution in [3.8, 4) is 0 Å². The quantitative estimate of drug-likeness (QED) is 0.150. The van der Waals surface area contributed by atoms with E-state index in [0.717, 1.165) is 0 Å². The van der Waals surface area contributed by atoms with Crippen molar-refractivity contribution in [1.82, 2.24) is 4.90 Å². The van der Waals surface area contributed by atoms with Crippen LogP contribution in [0.4, 0.5) is 0 Å². The van der Waals surface area contributed by atoms with Crippen molar-refractivity contribution in [2.75, 3.05) is 14.1 Å². The molecule has 13 atom stereocenters. The summed E-state index contributed by atoms with van der Waals surface area (Å²) in [5, 5.41) is 11.4. The molecule has 3 heterocycles. The number of phosphoric acid groups is 1. The van der Waals surface area contributed by atoms with Gasteiger partial charge in [0.15, 0.2) is 12.1 Å². The van der Waals surface area contributed by atoms with Gasteiger partial charge in [-0.3, -0.25) is 14.1 Å². The van der Waals surface area contributed by atoms with Gasteiger partial charge in [-0.05, 0) is 65.3 Å². The molecule has 0 spiro atoms. The molecule has 13 nitrogen and oxygen atoms in total. The van der Waals surface area contributed by atoms with Crippen LogP contribution in [0.5, 0.6) is 0 Å². The minimum atomic E-state index is -5.00. The van der Waals surface area contributed by atoms with Gasteiger partial charge in [-0.2, -0.15) is 0 Å². The summed E-state index contributed by atoms with van der Waals surface area (Å²) in [6.45, 7) is 10.9. The summed E-state index contributed by atoms with van der Waals surface area (Å²) in [6.07, 6.45) is -1.32. The third kappa shape index (κ3) is 9.98. The number of fused-ring (bicyclic) bond motifs is 1. The van der Waals surface area contributed by atoms with Gasteiger partial charge in [-0.15, -0.1) is 0 Å². The molecule has 3 aliphatic rings. The Balaban J connectivity index is 2.02. The van der Waals surface area contributed by atoms with Gasteiger partial charge in [0.25, 0.3) is 0 Å². The maximum atomic E-state index is 13.3. The number of aliphatic hydroxyl groups excluding tert-OH is 1. The molecule has 2 fully saturated rings. The number of carbonyl (C=O) groups is 3. The number of ketones is 1. The predicted molar refractivity (Wildman–Crippen MR) is 163 cm³/mol. The SMILES string of the molecule is CCC1OC(=O)CC(O)C(C)C(O[C@@H]2O[C@H](C)C[C@H](N(C)C)[C@H]2OP(=O)(O)O)C(CC=O)CC(C)C(=O)/C=C/C2(C)OC2C1C. The number of nitrogens with zero attached hydrogens (tertiary/aromatic N) is 1. The van der Waals surface area contributed by atoms with Crippen molar-refractivity contribution in [2.45, 2.75) is 128 Å². The summed E-state index contributed by atoms with van der Waals surface area (Å²) < 4.78 is 41.5. The first-order valence-electron chi connectivity index (χ1n) is 15.8. The fraction of sp³-hybridized carbons (Fsp3) is 0.839. The van der Waals surface area contributed by atoms with Crippen molar-refractivity contribution >= 4 is 25.9 Å². The smallest absolute Gasteiger partial charge is 0.462 e. The fourth-order valence-electron chi connectivity index (χ4n) is 6.75. The zero-order chi connectivity index (χ0) is 33.9. The number of cyclic esters (lactones) is 1. The first-order valence-corrected chi connectivity index (χ1v) is 17.4. The number of aldehydes is 1. The molecule has 45 heavy (non-hydrogen) atoms. The topological polar surface area (TPSA) is 182 Å². The number of epoxide rings is 1. The van der Waals surface area contributed by atoms with E-state index in [4.69, 9.17) is 23.5 Å². The van der Waals surface area contributed by atoms with E-state index in [9.17, 15) is 33.8 Å². The van der Waals surface area contributed by atoms with E-state index in [1.165, 1.54) is 6.08 Å². The number of rotatable bonds is 8. The van der Waals surface area contributed by atoms with Crippen LogP contribution in [0.1, 0.15) is 73.6 Å². The summed E-state index contributed by atoms with van der Waals surface area (Å²) in [4.78, 5) is 59.6. The fourth-order valence-corrected chi connectivity index (χ4v) is 7.31. The van der Waals surface area contributed by atoms with Gasteiger partial charge >= 0.3 is 13.8 Å². The Kier molecular flexibility index (Phi) is 13.1. The monoisotopic (exact) mass is 661 g/mol. The van der Waals surface area contributed by atoms with Crippen molar-refractivity contribution in [1.29, 1.82) is 0 Å². The number of hydrogen-bond donors (Lipinski definition) is 3. The molecule has 0 aliphatic carbocycles. The number of ether oxygens (including phenoxy) is 4. The lowest BCUT2D eigenvalue weighted by molar-refractivity contribution is -0.279. The Hall–Kier alpha value is -1.54. The van der Waals surface area contributed by atoms with Crippen molar-refractivity contribution in [2.24, 2.45) is 23.7 Å². The molecule has 3 aliphatic heterocycles. The van der Waals surface area contributed by atoms with Gasteiger partial charge in [0.2, 0.25) is 0 Å². The molecular weight excluding hydrogens is 609 g/mol. The Labute approximate surface area is 266 Å². The average molecular weight is 662 g/mol. The zero-order valence-corrected chi connectivity index (χ0v) is 28.5. The highest BCUT2D eigenvalue weighted by molar-refractivity contribution is 7.46. The van der Waals surface area contributed by atoms with Gasteiger partial charge in [0, 0.05) is 30.2 Å². The van der Waals surface area contributed by atoms with E-state index < -0.39 is 80.0 Å². The van der Waals surface area contributed by atoms with Crippen LogP contribution >= 0.6 is 7.82 Å². The molecule has 0 aromatic carbocycles. The molecule has 3 N–H and O–H groups in total. The second kappa shape index (κ2) is 15.6. The summed E-state index contributed by atoms with van der Waals surface area (Å²) in [7, 11) is -1.50. The Morgan fingerprint density at radius 3 is 2.36 bits per heavy atom. The molecule has 0 radical (unpaired) electrons. The summed E-state index contributed by atoms with van der Waals surface area (Å²) in [5.41, 5.74) is -0.695. The van der Waals surface area contributed by atoms with Crippen LogP contribution in [0.3, 0.4) is 0 Å². The number of carbonyl (C=O) groups excluding carboxylic acids is 3. The zero-order valence-electron chi connectivity index (χ0n) is 27.6. The number of allylic oxidation sites excluding steroid dienone is 1. The number of hydrogen-bond acceptors (Lipinski definition) is 11. The molecule has 0 aromatic heterocycles. The molecule has 14 heteroatoms. The molecule has 258 valence electrons. The highest BCUT2D eigenvalue weighted by Gasteiger charge is 2.55. The van der Waals surface area contributed by atoms with Gasteiger partial charge in [0.05, 0.1) is 30.8 Å². The molecule has 0 saturated carbocycles. The van der Waals surface area contributed by atoms with E-state index in [2.05, 4.69) is 0 Å². The molecule has 3 rings (SSSR count). The normalized spacial score (nSPS) is 42.9. The number of likely N-dealkylation sites (N-methyl/N-ethyl adjacent to an activating group) is 1. The van der Waals surface area contributed by atoms with E-state index in [1.807, 2.05) is 20.8 Å². The third-order valence-electron chi connectivity index (χ3n) is 9.52. The number of aliphatic hydroxyl groups is 1.